The van der Waals surface area contributed by atoms with E-state index in [0.717, 1.165) is 62.0 Å². The first-order valence-electron chi connectivity index (χ1n) is 12.5. The first-order valence-corrected chi connectivity index (χ1v) is 12.9. The Labute approximate surface area is 219 Å². The molecule has 196 valence electrons. The molecule has 1 aromatic carbocycles. The highest BCUT2D eigenvalue weighted by atomic mass is 35.5. The maximum atomic E-state index is 12.6. The van der Waals surface area contributed by atoms with Gasteiger partial charge in [0.15, 0.2) is 0 Å². The summed E-state index contributed by atoms with van der Waals surface area (Å²) in [4.78, 5) is 30.9. The van der Waals surface area contributed by atoms with Gasteiger partial charge in [0.2, 0.25) is 0 Å². The van der Waals surface area contributed by atoms with Crippen LogP contribution in [0.25, 0.3) is 0 Å². The largest absolute Gasteiger partial charge is 0.462 e. The number of halogens is 1. The van der Waals surface area contributed by atoms with E-state index < -0.39 is 0 Å². The molecule has 9 heteroatoms. The number of hydrogen-bond acceptors (Lipinski definition) is 6. The lowest BCUT2D eigenvalue weighted by molar-refractivity contribution is -0.138. The topological polar surface area (TPSA) is 86.8 Å². The molecule has 3 heterocycles. The fourth-order valence-electron chi connectivity index (χ4n) is 4.35. The molecule has 2 aliphatic heterocycles. The molecule has 2 saturated heterocycles. The van der Waals surface area contributed by atoms with E-state index in [0.29, 0.717) is 18.4 Å². The van der Waals surface area contributed by atoms with Crippen LogP contribution in [0.5, 0.6) is 0 Å². The molecule has 4 rings (SSSR count). The normalized spacial score (nSPS) is 18.3. The molecule has 1 atom stereocenters. The first kappa shape index (κ1) is 27.7. The molecule has 0 spiro atoms. The Morgan fingerprint density at radius 2 is 1.78 bits per heavy atom. The van der Waals surface area contributed by atoms with Gasteiger partial charge in [0.25, 0.3) is 6.47 Å². The lowest BCUT2D eigenvalue weighted by atomic mass is 9.89. The predicted octanol–water partition coefficient (Wildman–Crippen LogP) is 4.90. The Morgan fingerprint density at radius 3 is 2.28 bits per heavy atom. The number of rotatable bonds is 5. The van der Waals surface area contributed by atoms with Crippen molar-refractivity contribution in [3.8, 4) is 0 Å². The number of amides is 2. The first-order chi connectivity index (χ1) is 17.2. The van der Waals surface area contributed by atoms with Crippen LogP contribution >= 0.6 is 11.6 Å². The van der Waals surface area contributed by atoms with E-state index in [1.807, 2.05) is 57.0 Å². The van der Waals surface area contributed by atoms with Gasteiger partial charge in [0.1, 0.15) is 11.4 Å². The third kappa shape index (κ3) is 8.38. The number of likely N-dealkylation sites (N-methyl/N-ethyl adjacent to an activating group) is 1. The summed E-state index contributed by atoms with van der Waals surface area (Å²) in [6.07, 6.45) is 4.81. The quantitative estimate of drug-likeness (QED) is 0.551. The minimum absolute atomic E-state index is 0.0504. The van der Waals surface area contributed by atoms with Gasteiger partial charge in [0, 0.05) is 37.2 Å². The van der Waals surface area contributed by atoms with Crippen LogP contribution in [0, 0.1) is 0 Å². The summed E-state index contributed by atoms with van der Waals surface area (Å²) >= 11 is 5.98. The maximum Gasteiger partial charge on any atom is 0.321 e. The molecule has 2 fully saturated rings. The smallest absolute Gasteiger partial charge is 0.321 e. The summed E-state index contributed by atoms with van der Waals surface area (Å²) < 4.78 is 4.55. The van der Waals surface area contributed by atoms with Crippen LogP contribution in [0.1, 0.15) is 51.5 Å². The number of likely N-dealkylation sites (tertiary alicyclic amines) is 1. The highest BCUT2D eigenvalue weighted by molar-refractivity contribution is 6.30. The molecule has 36 heavy (non-hydrogen) atoms. The van der Waals surface area contributed by atoms with E-state index in [2.05, 4.69) is 37.4 Å². The second-order valence-electron chi connectivity index (χ2n) is 10.2. The van der Waals surface area contributed by atoms with E-state index in [1.165, 1.54) is 5.56 Å². The summed E-state index contributed by atoms with van der Waals surface area (Å²) in [7, 11) is 2.00. The lowest BCUT2D eigenvalue weighted by Gasteiger charge is -2.32. The monoisotopic (exact) mass is 515 g/mol. The molecule has 2 N–H and O–H groups in total. The van der Waals surface area contributed by atoms with E-state index in [4.69, 9.17) is 11.6 Å². The van der Waals surface area contributed by atoms with Gasteiger partial charge in [-0.3, -0.25) is 4.79 Å². The predicted molar refractivity (Wildman–Crippen MR) is 145 cm³/mol. The molecule has 1 aromatic heterocycles. The van der Waals surface area contributed by atoms with Crippen molar-refractivity contribution in [3.63, 3.8) is 0 Å². The van der Waals surface area contributed by atoms with Gasteiger partial charge in [-0.2, -0.15) is 0 Å². The minimum Gasteiger partial charge on any atom is -0.462 e. The summed E-state index contributed by atoms with van der Waals surface area (Å²) in [5.74, 6) is 1.45. The maximum absolute atomic E-state index is 12.6. The van der Waals surface area contributed by atoms with E-state index in [1.54, 1.807) is 6.20 Å². The van der Waals surface area contributed by atoms with Gasteiger partial charge in [-0.05, 0) is 82.8 Å². The number of ether oxygens (including phenoxy) is 1. The number of carbonyl (C=O) groups excluding carboxylic acids is 2. The summed E-state index contributed by atoms with van der Waals surface area (Å²) in [6.45, 7) is 9.41. The van der Waals surface area contributed by atoms with E-state index in [9.17, 15) is 9.59 Å². The molecular weight excluding hydrogens is 478 g/mol. The van der Waals surface area contributed by atoms with Crippen LogP contribution in [-0.2, 0) is 9.53 Å². The van der Waals surface area contributed by atoms with Gasteiger partial charge >= 0.3 is 6.03 Å². The molecule has 0 radical (unpaired) electrons. The Balaban J connectivity index is 0.000000454. The number of nitrogens with one attached hydrogen (secondary N) is 2. The second-order valence-corrected chi connectivity index (χ2v) is 10.6. The fraction of sp³-hybridized carbons (Fsp3) is 0.519. The summed E-state index contributed by atoms with van der Waals surface area (Å²) in [6, 6.07) is 12.5. The average Bonchev–Trinajstić information content (AvgIpc) is 3.34. The van der Waals surface area contributed by atoms with Crippen LogP contribution in [0.4, 0.5) is 16.3 Å². The van der Waals surface area contributed by atoms with Crippen LogP contribution < -0.4 is 15.5 Å². The number of nitrogens with zero attached hydrogens (tertiary/aromatic N) is 3. The van der Waals surface area contributed by atoms with Gasteiger partial charge < -0.3 is 25.2 Å². The van der Waals surface area contributed by atoms with Crippen molar-refractivity contribution < 1.29 is 14.3 Å². The third-order valence-corrected chi connectivity index (χ3v) is 6.70. The number of benzene rings is 1. The number of hydrogen-bond donors (Lipinski definition) is 2. The Hall–Kier alpha value is -2.84. The standard InChI is InChI=1S/C22H28ClN5O.C5H10O2/c1-24-20-10-13-28(15-20)21-7-6-19(14-25-21)26-22(29)27-11-8-17(9-12-27)16-2-4-18(23)5-3-16;1-5(2,3)7-4-6/h2-7,14,17,20,24H,8-13,15H2,1H3,(H,26,29);4H,1-3H3. The van der Waals surface area contributed by atoms with Crippen molar-refractivity contribution >= 4 is 35.6 Å². The Kier molecular flexibility index (Phi) is 9.96. The number of piperidine rings is 1. The number of aromatic nitrogens is 1. The molecule has 8 nitrogen and oxygen atoms in total. The van der Waals surface area contributed by atoms with Crippen molar-refractivity contribution in [1.29, 1.82) is 0 Å². The highest BCUT2D eigenvalue weighted by Gasteiger charge is 2.25. The number of carbonyl (C=O) groups is 2. The molecule has 0 bridgehead atoms. The van der Waals surface area contributed by atoms with Crippen molar-refractivity contribution in [2.24, 2.45) is 0 Å². The van der Waals surface area contributed by atoms with Crippen molar-refractivity contribution in [1.82, 2.24) is 15.2 Å². The molecule has 2 aromatic rings. The Bertz CT molecular complexity index is 970. The van der Waals surface area contributed by atoms with Gasteiger partial charge in [-0.25, -0.2) is 9.78 Å². The summed E-state index contributed by atoms with van der Waals surface area (Å²) in [5, 5.41) is 7.06. The lowest BCUT2D eigenvalue weighted by Crippen LogP contribution is -2.40. The average molecular weight is 516 g/mol. The third-order valence-electron chi connectivity index (χ3n) is 6.44. The Morgan fingerprint density at radius 1 is 1.08 bits per heavy atom. The zero-order valence-electron chi connectivity index (χ0n) is 21.7. The number of urea groups is 1. The van der Waals surface area contributed by atoms with Gasteiger partial charge in [-0.15, -0.1) is 0 Å². The zero-order valence-corrected chi connectivity index (χ0v) is 22.4. The second kappa shape index (κ2) is 12.9. The molecule has 0 saturated carbocycles. The molecule has 2 aliphatic rings. The van der Waals surface area contributed by atoms with E-state index >= 15 is 0 Å². The van der Waals surface area contributed by atoms with Crippen molar-refractivity contribution in [2.45, 2.75) is 57.6 Å². The van der Waals surface area contributed by atoms with Crippen LogP contribution in [0.2, 0.25) is 5.02 Å². The van der Waals surface area contributed by atoms with Crippen molar-refractivity contribution in [2.75, 3.05) is 43.4 Å². The van der Waals surface area contributed by atoms with Gasteiger partial charge in [-0.1, -0.05) is 23.7 Å². The molecule has 1 unspecified atom stereocenters. The molecule has 0 aliphatic carbocycles. The number of pyridine rings is 1. The molecular formula is C27H38ClN5O3. The zero-order chi connectivity index (χ0) is 26.1. The van der Waals surface area contributed by atoms with E-state index in [-0.39, 0.29) is 11.6 Å². The summed E-state index contributed by atoms with van der Waals surface area (Å²) in [5.41, 5.74) is 1.72. The molecule has 2 amide bonds. The van der Waals surface area contributed by atoms with Crippen LogP contribution in [0.3, 0.4) is 0 Å². The fourth-order valence-corrected chi connectivity index (χ4v) is 4.47. The highest BCUT2D eigenvalue weighted by Crippen LogP contribution is 2.29. The number of anilines is 2. The van der Waals surface area contributed by atoms with Gasteiger partial charge in [0.05, 0.1) is 11.9 Å². The minimum atomic E-state index is -0.318. The van der Waals surface area contributed by atoms with Crippen LogP contribution in [-0.4, -0.2) is 67.3 Å². The van der Waals surface area contributed by atoms with Crippen LogP contribution in [0.15, 0.2) is 42.6 Å². The SMILES string of the molecule is CC(C)(C)OC=O.CNC1CCN(c2ccc(NC(=O)N3CCC(c4ccc(Cl)cc4)CC3)cn2)C1. The van der Waals surface area contributed by atoms with Crippen molar-refractivity contribution in [3.05, 3.63) is 53.2 Å².